The molecule has 24 heavy (non-hydrogen) atoms. The number of carbonyl (C=O) groups is 2. The molecule has 1 aromatic rings. The van der Waals surface area contributed by atoms with Crippen molar-refractivity contribution in [3.63, 3.8) is 0 Å². The fourth-order valence-electron chi connectivity index (χ4n) is 4.48. The number of amides is 2. The molecule has 0 unspecified atom stereocenters. The van der Waals surface area contributed by atoms with Crippen LogP contribution in [0, 0.1) is 23.1 Å². The van der Waals surface area contributed by atoms with Crippen LogP contribution in [0.1, 0.15) is 38.5 Å². The first kappa shape index (κ1) is 15.6. The van der Waals surface area contributed by atoms with Gasteiger partial charge in [0.05, 0.1) is 0 Å². The smallest absolute Gasteiger partial charge is 0.228 e. The van der Waals surface area contributed by atoms with E-state index in [4.69, 9.17) is 0 Å². The van der Waals surface area contributed by atoms with Gasteiger partial charge in [-0.1, -0.05) is 18.9 Å². The van der Waals surface area contributed by atoms with Gasteiger partial charge < -0.3 is 10.2 Å². The minimum absolute atomic E-state index is 0.0360. The Kier molecular flexibility index (Phi) is 3.82. The van der Waals surface area contributed by atoms with Crippen LogP contribution in [-0.4, -0.2) is 29.8 Å². The quantitative estimate of drug-likeness (QED) is 0.925. The van der Waals surface area contributed by atoms with Crippen LogP contribution in [0.5, 0.6) is 0 Å². The largest absolute Gasteiger partial charge is 0.342 e. The van der Waals surface area contributed by atoms with E-state index in [-0.39, 0.29) is 29.0 Å². The number of hydrogen-bond acceptors (Lipinski definition) is 2. The summed E-state index contributed by atoms with van der Waals surface area (Å²) in [5.41, 5.74) is 0.463. The van der Waals surface area contributed by atoms with Crippen molar-refractivity contribution in [2.45, 2.75) is 38.5 Å². The molecular formula is C19H23FN2O2. The van der Waals surface area contributed by atoms with E-state index in [1.807, 2.05) is 4.90 Å². The van der Waals surface area contributed by atoms with Crippen LogP contribution in [0.25, 0.3) is 0 Å². The zero-order chi connectivity index (χ0) is 16.7. The highest BCUT2D eigenvalue weighted by Gasteiger charge is 2.61. The van der Waals surface area contributed by atoms with Crippen molar-refractivity contribution in [2.24, 2.45) is 17.3 Å². The molecule has 1 aromatic carbocycles. The van der Waals surface area contributed by atoms with E-state index < -0.39 is 0 Å². The SMILES string of the molecule is O=C(Nc1cccc(F)c1)[C@@H]1C[C@@]12CCN(C(=O)C1CCCC1)C2. The van der Waals surface area contributed by atoms with Gasteiger partial charge in [-0.05, 0) is 43.9 Å². The van der Waals surface area contributed by atoms with Gasteiger partial charge in [-0.15, -0.1) is 0 Å². The van der Waals surface area contributed by atoms with Crippen LogP contribution in [0.2, 0.25) is 0 Å². The fraction of sp³-hybridized carbons (Fsp3) is 0.579. The number of nitrogens with one attached hydrogen (secondary N) is 1. The molecule has 0 radical (unpaired) electrons. The van der Waals surface area contributed by atoms with Crippen molar-refractivity contribution < 1.29 is 14.0 Å². The van der Waals surface area contributed by atoms with Crippen molar-refractivity contribution in [1.29, 1.82) is 0 Å². The molecule has 1 heterocycles. The molecule has 2 atom stereocenters. The molecule has 128 valence electrons. The Morgan fingerprint density at radius 3 is 2.79 bits per heavy atom. The van der Waals surface area contributed by atoms with Crippen LogP contribution in [0.15, 0.2) is 24.3 Å². The molecule has 1 spiro atoms. The van der Waals surface area contributed by atoms with Crippen molar-refractivity contribution in [2.75, 3.05) is 18.4 Å². The summed E-state index contributed by atoms with van der Waals surface area (Å²) in [7, 11) is 0. The number of nitrogens with zero attached hydrogens (tertiary/aromatic N) is 1. The van der Waals surface area contributed by atoms with E-state index in [0.29, 0.717) is 18.1 Å². The molecule has 1 N–H and O–H groups in total. The molecule has 0 bridgehead atoms. The van der Waals surface area contributed by atoms with Crippen molar-refractivity contribution >= 4 is 17.5 Å². The predicted molar refractivity (Wildman–Crippen MR) is 88.7 cm³/mol. The maximum absolute atomic E-state index is 13.2. The van der Waals surface area contributed by atoms with Crippen LogP contribution >= 0.6 is 0 Å². The highest BCUT2D eigenvalue weighted by atomic mass is 19.1. The van der Waals surface area contributed by atoms with Gasteiger partial charge in [-0.3, -0.25) is 9.59 Å². The van der Waals surface area contributed by atoms with E-state index in [0.717, 1.165) is 45.1 Å². The topological polar surface area (TPSA) is 49.4 Å². The Balaban J connectivity index is 1.35. The molecule has 2 amide bonds. The summed E-state index contributed by atoms with van der Waals surface area (Å²) in [6.07, 6.45) is 6.11. The van der Waals surface area contributed by atoms with Gasteiger partial charge in [0.2, 0.25) is 11.8 Å². The molecule has 0 aromatic heterocycles. The number of halogens is 1. The number of carbonyl (C=O) groups excluding carboxylic acids is 2. The molecule has 3 fully saturated rings. The van der Waals surface area contributed by atoms with Crippen LogP contribution in [0.3, 0.4) is 0 Å². The molecule has 4 nitrogen and oxygen atoms in total. The summed E-state index contributed by atoms with van der Waals surface area (Å²) < 4.78 is 13.2. The first-order valence-corrected chi connectivity index (χ1v) is 8.93. The maximum atomic E-state index is 13.2. The molecular weight excluding hydrogens is 307 g/mol. The van der Waals surface area contributed by atoms with Crippen molar-refractivity contribution in [1.82, 2.24) is 4.90 Å². The van der Waals surface area contributed by atoms with Gasteiger partial charge in [0.1, 0.15) is 5.82 Å². The lowest BCUT2D eigenvalue weighted by molar-refractivity contribution is -0.134. The standard InChI is InChI=1S/C19H23FN2O2/c20-14-6-3-7-15(10-14)21-17(23)16-11-19(16)8-9-22(12-19)18(24)13-4-1-2-5-13/h3,6-7,10,13,16H,1-2,4-5,8-9,11-12H2,(H,21,23)/t16-,19+/m0/s1. The van der Waals surface area contributed by atoms with Crippen molar-refractivity contribution in [3.05, 3.63) is 30.1 Å². The van der Waals surface area contributed by atoms with Gasteiger partial charge >= 0.3 is 0 Å². The summed E-state index contributed by atoms with van der Waals surface area (Å²) in [5, 5.41) is 2.81. The molecule has 3 aliphatic rings. The first-order valence-electron chi connectivity index (χ1n) is 8.93. The molecule has 1 aliphatic heterocycles. The van der Waals surface area contributed by atoms with E-state index >= 15 is 0 Å². The lowest BCUT2D eigenvalue weighted by atomic mass is 10.0. The zero-order valence-corrected chi connectivity index (χ0v) is 13.8. The predicted octanol–water partition coefficient (Wildman–Crippen LogP) is 3.19. The second-order valence-corrected chi connectivity index (χ2v) is 7.61. The molecule has 2 saturated carbocycles. The van der Waals surface area contributed by atoms with Gasteiger partial charge in [-0.2, -0.15) is 0 Å². The lowest BCUT2D eigenvalue weighted by Crippen LogP contribution is -2.34. The van der Waals surface area contributed by atoms with E-state index in [1.165, 1.54) is 12.1 Å². The van der Waals surface area contributed by atoms with Crippen LogP contribution in [0.4, 0.5) is 10.1 Å². The first-order chi connectivity index (χ1) is 11.6. The highest BCUT2D eigenvalue weighted by molar-refractivity contribution is 5.95. The summed E-state index contributed by atoms with van der Waals surface area (Å²) >= 11 is 0. The third-order valence-corrected chi connectivity index (χ3v) is 6.00. The fourth-order valence-corrected chi connectivity index (χ4v) is 4.48. The minimum atomic E-state index is -0.354. The number of hydrogen-bond donors (Lipinski definition) is 1. The number of likely N-dealkylation sites (tertiary alicyclic amines) is 1. The van der Waals surface area contributed by atoms with Crippen molar-refractivity contribution in [3.8, 4) is 0 Å². The average Bonchev–Trinajstić information content (AvgIpc) is 2.93. The van der Waals surface area contributed by atoms with Gasteiger partial charge in [0, 0.05) is 36.0 Å². The Bertz CT molecular complexity index is 671. The third-order valence-electron chi connectivity index (χ3n) is 6.00. The Labute approximate surface area is 141 Å². The molecule has 1 saturated heterocycles. The molecule has 5 heteroatoms. The Hall–Kier alpha value is -1.91. The summed E-state index contributed by atoms with van der Waals surface area (Å²) in [6, 6.07) is 5.97. The lowest BCUT2D eigenvalue weighted by Gasteiger charge is -2.20. The third kappa shape index (κ3) is 2.80. The van der Waals surface area contributed by atoms with Gasteiger partial charge in [-0.25, -0.2) is 4.39 Å². The highest BCUT2D eigenvalue weighted by Crippen LogP contribution is 2.59. The molecule has 2 aliphatic carbocycles. The maximum Gasteiger partial charge on any atom is 0.228 e. The van der Waals surface area contributed by atoms with Gasteiger partial charge in [0.15, 0.2) is 0 Å². The Morgan fingerprint density at radius 2 is 2.04 bits per heavy atom. The summed E-state index contributed by atoms with van der Waals surface area (Å²) in [5.74, 6) is 0.0458. The summed E-state index contributed by atoms with van der Waals surface area (Å²) in [6.45, 7) is 1.49. The van der Waals surface area contributed by atoms with Gasteiger partial charge in [0.25, 0.3) is 0 Å². The second kappa shape index (κ2) is 5.87. The number of anilines is 1. The monoisotopic (exact) mass is 330 g/mol. The van der Waals surface area contributed by atoms with Crippen LogP contribution in [-0.2, 0) is 9.59 Å². The molecule has 4 rings (SSSR count). The average molecular weight is 330 g/mol. The zero-order valence-electron chi connectivity index (χ0n) is 13.8. The van der Waals surface area contributed by atoms with E-state index in [9.17, 15) is 14.0 Å². The number of benzene rings is 1. The second-order valence-electron chi connectivity index (χ2n) is 7.61. The number of rotatable bonds is 3. The van der Waals surface area contributed by atoms with E-state index in [2.05, 4.69) is 5.32 Å². The summed E-state index contributed by atoms with van der Waals surface area (Å²) in [4.78, 5) is 27.0. The Morgan fingerprint density at radius 1 is 1.25 bits per heavy atom. The van der Waals surface area contributed by atoms with E-state index in [1.54, 1.807) is 12.1 Å². The normalized spacial score (nSPS) is 29.2. The minimum Gasteiger partial charge on any atom is -0.342 e. The van der Waals surface area contributed by atoms with Crippen LogP contribution < -0.4 is 5.32 Å².